The lowest BCUT2D eigenvalue weighted by Gasteiger charge is -2.07. The first-order valence-electron chi connectivity index (χ1n) is 6.90. The van der Waals surface area contributed by atoms with Gasteiger partial charge in [-0.3, -0.25) is 4.79 Å². The molecule has 0 saturated carbocycles. The molecule has 0 spiro atoms. The topological polar surface area (TPSA) is 34.4 Å². The standard InChI is InChI=1S/C18H11ClN2O/c19-14-7-6-13-11-20-21-17(16(13)10-14)9-8-15(18(21)22)12-4-2-1-3-5-12/h1-11H. The Labute approximate surface area is 131 Å². The minimum Gasteiger partial charge on any atom is -0.267 e. The molecule has 3 nitrogen and oxygen atoms in total. The smallest absolute Gasteiger partial charge is 0.267 e. The zero-order chi connectivity index (χ0) is 15.1. The number of halogens is 1. The largest absolute Gasteiger partial charge is 0.279 e. The van der Waals surface area contributed by atoms with Gasteiger partial charge in [0, 0.05) is 21.4 Å². The molecule has 0 aliphatic rings. The lowest BCUT2D eigenvalue weighted by molar-refractivity contribution is 0.900. The number of benzene rings is 2. The first-order chi connectivity index (χ1) is 10.7. The molecule has 0 atom stereocenters. The molecule has 4 rings (SSSR count). The molecule has 0 aliphatic carbocycles. The van der Waals surface area contributed by atoms with Crippen LogP contribution in [0.3, 0.4) is 0 Å². The summed E-state index contributed by atoms with van der Waals surface area (Å²) in [5.74, 6) is 0. The first kappa shape index (κ1) is 13.0. The Kier molecular flexibility index (Phi) is 2.94. The van der Waals surface area contributed by atoms with Crippen molar-refractivity contribution in [3.8, 4) is 11.1 Å². The van der Waals surface area contributed by atoms with Gasteiger partial charge < -0.3 is 0 Å². The molecule has 0 unspecified atom stereocenters. The van der Waals surface area contributed by atoms with E-state index in [1.54, 1.807) is 6.20 Å². The van der Waals surface area contributed by atoms with E-state index in [4.69, 9.17) is 11.6 Å². The van der Waals surface area contributed by atoms with Gasteiger partial charge in [0.05, 0.1) is 11.7 Å². The van der Waals surface area contributed by atoms with Crippen molar-refractivity contribution in [2.24, 2.45) is 0 Å². The van der Waals surface area contributed by atoms with Gasteiger partial charge in [-0.15, -0.1) is 0 Å². The van der Waals surface area contributed by atoms with Gasteiger partial charge >= 0.3 is 0 Å². The molecule has 0 radical (unpaired) electrons. The molecule has 0 aliphatic heterocycles. The predicted octanol–water partition coefficient (Wildman–Crippen LogP) is 4.17. The fourth-order valence-electron chi connectivity index (χ4n) is 2.67. The van der Waals surface area contributed by atoms with Crippen LogP contribution in [-0.4, -0.2) is 9.61 Å². The number of hydrogen-bond acceptors (Lipinski definition) is 2. The first-order valence-corrected chi connectivity index (χ1v) is 7.27. The summed E-state index contributed by atoms with van der Waals surface area (Å²) in [5, 5.41) is 6.80. The van der Waals surface area contributed by atoms with E-state index in [0.717, 1.165) is 21.9 Å². The highest BCUT2D eigenvalue weighted by Crippen LogP contribution is 2.23. The number of rotatable bonds is 1. The predicted molar refractivity (Wildman–Crippen MR) is 89.4 cm³/mol. The molecule has 2 aromatic carbocycles. The molecule has 0 fully saturated rings. The molecular weight excluding hydrogens is 296 g/mol. The third kappa shape index (κ3) is 1.98. The fourth-order valence-corrected chi connectivity index (χ4v) is 2.84. The maximum absolute atomic E-state index is 12.7. The Hall–Kier alpha value is -2.65. The van der Waals surface area contributed by atoms with Crippen LogP contribution in [0.15, 0.2) is 71.7 Å². The Balaban J connectivity index is 2.09. The molecule has 2 heterocycles. The van der Waals surface area contributed by atoms with Crippen LogP contribution < -0.4 is 5.56 Å². The van der Waals surface area contributed by atoms with Gasteiger partial charge in [0.1, 0.15) is 0 Å². The van der Waals surface area contributed by atoms with Crippen molar-refractivity contribution in [2.75, 3.05) is 0 Å². The van der Waals surface area contributed by atoms with E-state index >= 15 is 0 Å². The Morgan fingerprint density at radius 3 is 2.59 bits per heavy atom. The highest BCUT2D eigenvalue weighted by atomic mass is 35.5. The van der Waals surface area contributed by atoms with Gasteiger partial charge in [-0.2, -0.15) is 9.61 Å². The maximum atomic E-state index is 12.7. The van der Waals surface area contributed by atoms with Crippen molar-refractivity contribution in [3.63, 3.8) is 0 Å². The Morgan fingerprint density at radius 2 is 1.77 bits per heavy atom. The van der Waals surface area contributed by atoms with Crippen LogP contribution in [0.5, 0.6) is 0 Å². The second-order valence-electron chi connectivity index (χ2n) is 5.09. The van der Waals surface area contributed by atoms with Gasteiger partial charge in [-0.1, -0.05) is 48.0 Å². The number of hydrogen-bond donors (Lipinski definition) is 0. The third-order valence-corrected chi connectivity index (χ3v) is 3.98. The highest BCUT2D eigenvalue weighted by molar-refractivity contribution is 6.31. The van der Waals surface area contributed by atoms with Crippen LogP contribution >= 0.6 is 11.6 Å². The minimum absolute atomic E-state index is 0.134. The van der Waals surface area contributed by atoms with Crippen molar-refractivity contribution in [1.82, 2.24) is 9.61 Å². The molecule has 0 amide bonds. The fraction of sp³-hybridized carbons (Fsp3) is 0. The Bertz CT molecular complexity index is 1060. The third-order valence-electron chi connectivity index (χ3n) is 3.75. The molecule has 4 heteroatoms. The summed E-state index contributed by atoms with van der Waals surface area (Å²) < 4.78 is 1.43. The summed E-state index contributed by atoms with van der Waals surface area (Å²) in [7, 11) is 0. The number of aromatic nitrogens is 2. The summed E-state index contributed by atoms with van der Waals surface area (Å²) in [5.41, 5.74) is 2.14. The quantitative estimate of drug-likeness (QED) is 0.495. The van der Waals surface area contributed by atoms with E-state index < -0.39 is 0 Å². The molecule has 2 aromatic heterocycles. The normalized spacial score (nSPS) is 11.1. The summed E-state index contributed by atoms with van der Waals surface area (Å²) in [4.78, 5) is 12.7. The lowest BCUT2D eigenvalue weighted by Crippen LogP contribution is -2.17. The van der Waals surface area contributed by atoms with Crippen LogP contribution in [0, 0.1) is 0 Å². The van der Waals surface area contributed by atoms with Crippen molar-refractivity contribution >= 4 is 27.9 Å². The monoisotopic (exact) mass is 306 g/mol. The van der Waals surface area contributed by atoms with Crippen LogP contribution in [0.1, 0.15) is 0 Å². The van der Waals surface area contributed by atoms with Gasteiger partial charge in [-0.05, 0) is 29.8 Å². The van der Waals surface area contributed by atoms with E-state index in [1.807, 2.05) is 60.7 Å². The van der Waals surface area contributed by atoms with Gasteiger partial charge in [0.15, 0.2) is 0 Å². The van der Waals surface area contributed by atoms with Gasteiger partial charge in [0.2, 0.25) is 0 Å². The highest BCUT2D eigenvalue weighted by Gasteiger charge is 2.09. The van der Waals surface area contributed by atoms with Crippen molar-refractivity contribution < 1.29 is 0 Å². The minimum atomic E-state index is -0.134. The van der Waals surface area contributed by atoms with E-state index in [9.17, 15) is 4.79 Å². The second kappa shape index (κ2) is 4.97. The van der Waals surface area contributed by atoms with Crippen LogP contribution in [0.25, 0.3) is 27.4 Å². The molecule has 0 N–H and O–H groups in total. The van der Waals surface area contributed by atoms with Crippen LogP contribution in [0.4, 0.5) is 0 Å². The van der Waals surface area contributed by atoms with Crippen LogP contribution in [0.2, 0.25) is 5.02 Å². The zero-order valence-electron chi connectivity index (χ0n) is 11.5. The molecular formula is C18H11ClN2O. The van der Waals surface area contributed by atoms with Crippen molar-refractivity contribution in [1.29, 1.82) is 0 Å². The number of pyridine rings is 1. The summed E-state index contributed by atoms with van der Waals surface area (Å²) in [6.45, 7) is 0. The van der Waals surface area contributed by atoms with E-state index in [2.05, 4.69) is 5.10 Å². The Morgan fingerprint density at radius 1 is 0.955 bits per heavy atom. The van der Waals surface area contributed by atoms with Crippen LogP contribution in [-0.2, 0) is 0 Å². The number of fused-ring (bicyclic) bond motifs is 3. The number of nitrogens with zero attached hydrogens (tertiary/aromatic N) is 2. The zero-order valence-corrected chi connectivity index (χ0v) is 12.3. The van der Waals surface area contributed by atoms with E-state index in [-0.39, 0.29) is 5.56 Å². The second-order valence-corrected chi connectivity index (χ2v) is 5.53. The van der Waals surface area contributed by atoms with Crippen molar-refractivity contribution in [2.45, 2.75) is 0 Å². The van der Waals surface area contributed by atoms with Gasteiger partial charge in [0.25, 0.3) is 5.56 Å². The molecule has 22 heavy (non-hydrogen) atoms. The average Bonchev–Trinajstić information content (AvgIpc) is 2.56. The maximum Gasteiger partial charge on any atom is 0.279 e. The summed E-state index contributed by atoms with van der Waals surface area (Å²) in [6, 6.07) is 18.9. The molecule has 0 saturated heterocycles. The van der Waals surface area contributed by atoms with Gasteiger partial charge in [-0.25, -0.2) is 0 Å². The van der Waals surface area contributed by atoms with Crippen molar-refractivity contribution in [3.05, 3.63) is 82.2 Å². The van der Waals surface area contributed by atoms with E-state index in [0.29, 0.717) is 10.6 Å². The van der Waals surface area contributed by atoms with E-state index in [1.165, 1.54) is 4.52 Å². The SMILES string of the molecule is O=c1c(-c2ccccc2)ccc2c3cc(Cl)ccc3cnn12. The molecule has 4 aromatic rings. The molecule has 106 valence electrons. The summed E-state index contributed by atoms with van der Waals surface area (Å²) in [6.07, 6.45) is 1.69. The summed E-state index contributed by atoms with van der Waals surface area (Å²) >= 11 is 6.08. The molecule has 0 bridgehead atoms. The average molecular weight is 307 g/mol. The lowest BCUT2D eigenvalue weighted by atomic mass is 10.1.